The third-order valence-electron chi connectivity index (χ3n) is 3.54. The third kappa shape index (κ3) is 2.07. The lowest BCUT2D eigenvalue weighted by Crippen LogP contribution is -2.39. The number of halogens is 2. The molecule has 104 valence electrons. The van der Waals surface area contributed by atoms with Crippen molar-refractivity contribution in [2.45, 2.75) is 12.8 Å². The number of benzene rings is 2. The minimum absolute atomic E-state index is 0. The number of amides is 1. The van der Waals surface area contributed by atoms with Crippen molar-refractivity contribution in [1.82, 2.24) is 0 Å². The molecule has 0 saturated heterocycles. The van der Waals surface area contributed by atoms with Crippen LogP contribution >= 0.6 is 12.4 Å². The molecule has 1 heterocycles. The third-order valence-corrected chi connectivity index (χ3v) is 3.54. The molecule has 0 spiro atoms. The van der Waals surface area contributed by atoms with Gasteiger partial charge < -0.3 is 0 Å². The summed E-state index contributed by atoms with van der Waals surface area (Å²) in [6, 6.07) is 11.7. The van der Waals surface area contributed by atoms with Gasteiger partial charge in [-0.25, -0.2) is 15.2 Å². The Bertz CT molecular complexity index is 675. The molecule has 2 aromatic rings. The number of carbonyl (C=O) groups excluding carboxylic acids is 1. The van der Waals surface area contributed by atoms with Gasteiger partial charge >= 0.3 is 0 Å². The number of nitrogens with zero attached hydrogens (tertiary/aromatic N) is 1. The van der Waals surface area contributed by atoms with Crippen molar-refractivity contribution in [3.63, 3.8) is 0 Å². The molecule has 1 aliphatic rings. The second-order valence-corrected chi connectivity index (χ2v) is 4.68. The molecule has 0 fully saturated rings. The Morgan fingerprint density at radius 2 is 1.85 bits per heavy atom. The van der Waals surface area contributed by atoms with Gasteiger partial charge in [-0.2, -0.15) is 0 Å². The van der Waals surface area contributed by atoms with Crippen molar-refractivity contribution in [3.8, 4) is 11.1 Å². The number of nitrogens with two attached hydrogens (primary N) is 1. The molecule has 5 heteroatoms. The molecule has 0 bridgehead atoms. The van der Waals surface area contributed by atoms with Crippen LogP contribution in [0.1, 0.15) is 18.4 Å². The summed E-state index contributed by atoms with van der Waals surface area (Å²) >= 11 is 0. The molecule has 0 aliphatic carbocycles. The summed E-state index contributed by atoms with van der Waals surface area (Å²) in [6.07, 6.45) is 0. The lowest BCUT2D eigenvalue weighted by Gasteiger charge is -2.18. The van der Waals surface area contributed by atoms with E-state index in [0.717, 1.165) is 21.7 Å². The molecule has 2 aromatic carbocycles. The first-order valence-electron chi connectivity index (χ1n) is 6.07. The van der Waals surface area contributed by atoms with Crippen molar-refractivity contribution in [2.75, 3.05) is 5.01 Å². The van der Waals surface area contributed by atoms with Crippen LogP contribution in [0.25, 0.3) is 11.1 Å². The quantitative estimate of drug-likeness (QED) is 0.598. The molecule has 1 atom stereocenters. The number of hydrogen-bond acceptors (Lipinski definition) is 2. The summed E-state index contributed by atoms with van der Waals surface area (Å²) in [5, 5.41) is 1.15. The van der Waals surface area contributed by atoms with Crippen LogP contribution in [0, 0.1) is 5.82 Å². The number of anilines is 1. The number of para-hydroxylation sites is 1. The smallest absolute Gasteiger partial charge is 0.248 e. The number of fused-ring (bicyclic) bond motifs is 3. The highest BCUT2D eigenvalue weighted by molar-refractivity contribution is 6.04. The fraction of sp³-hybridized carbons (Fsp3) is 0.133. The maximum Gasteiger partial charge on any atom is 0.248 e. The van der Waals surface area contributed by atoms with Crippen LogP contribution in [0.15, 0.2) is 42.5 Å². The molecule has 2 N–H and O–H groups in total. The van der Waals surface area contributed by atoms with Gasteiger partial charge in [0, 0.05) is 5.56 Å². The van der Waals surface area contributed by atoms with Gasteiger partial charge in [0.25, 0.3) is 0 Å². The first-order chi connectivity index (χ1) is 9.09. The van der Waals surface area contributed by atoms with E-state index in [4.69, 9.17) is 5.84 Å². The lowest BCUT2D eigenvalue weighted by atomic mass is 9.92. The fourth-order valence-electron chi connectivity index (χ4n) is 2.51. The average Bonchev–Trinajstić information content (AvgIpc) is 2.51. The molecule has 1 amide bonds. The molecule has 0 saturated carbocycles. The number of hydrogen-bond donors (Lipinski definition) is 1. The van der Waals surface area contributed by atoms with Crippen LogP contribution in [0.3, 0.4) is 0 Å². The van der Waals surface area contributed by atoms with Gasteiger partial charge in [-0.3, -0.25) is 4.79 Å². The number of carbonyl (C=O) groups is 1. The van der Waals surface area contributed by atoms with E-state index in [2.05, 4.69) is 0 Å². The largest absolute Gasteiger partial charge is 0.272 e. The molecule has 1 aliphatic heterocycles. The topological polar surface area (TPSA) is 46.3 Å². The lowest BCUT2D eigenvalue weighted by molar-refractivity contribution is -0.119. The van der Waals surface area contributed by atoms with Crippen LogP contribution in [0.2, 0.25) is 0 Å². The van der Waals surface area contributed by atoms with Gasteiger partial charge in [0.2, 0.25) is 5.91 Å². The van der Waals surface area contributed by atoms with Crippen LogP contribution < -0.4 is 10.9 Å². The van der Waals surface area contributed by atoms with Gasteiger partial charge in [-0.1, -0.05) is 24.3 Å². The summed E-state index contributed by atoms with van der Waals surface area (Å²) in [5.41, 5.74) is 2.90. The van der Waals surface area contributed by atoms with E-state index in [1.54, 1.807) is 25.1 Å². The Hall–Kier alpha value is -1.91. The molecular weight excluding hydrogens is 279 g/mol. The van der Waals surface area contributed by atoms with E-state index in [1.165, 1.54) is 12.1 Å². The van der Waals surface area contributed by atoms with Crippen LogP contribution in [-0.4, -0.2) is 5.91 Å². The predicted octanol–water partition coefficient (Wildman–Crippen LogP) is 3.24. The van der Waals surface area contributed by atoms with Crippen molar-refractivity contribution >= 4 is 24.0 Å². The summed E-state index contributed by atoms with van der Waals surface area (Å²) in [4.78, 5) is 12.3. The van der Waals surface area contributed by atoms with Gasteiger partial charge in [0.1, 0.15) is 5.82 Å². The molecule has 1 unspecified atom stereocenters. The first-order valence-corrected chi connectivity index (χ1v) is 6.07. The van der Waals surface area contributed by atoms with E-state index >= 15 is 0 Å². The number of hydrazine groups is 1. The molecule has 0 radical (unpaired) electrons. The maximum absolute atomic E-state index is 13.5. The Morgan fingerprint density at radius 1 is 1.15 bits per heavy atom. The Kier molecular flexibility index (Phi) is 3.79. The SMILES string of the molecule is CC1C(=O)N(N)c2ccccc2-c2cc(F)ccc21.Cl. The second kappa shape index (κ2) is 5.23. The highest BCUT2D eigenvalue weighted by atomic mass is 35.5. The van der Waals surface area contributed by atoms with E-state index < -0.39 is 5.92 Å². The Labute approximate surface area is 122 Å². The Balaban J connectivity index is 0.00000147. The minimum Gasteiger partial charge on any atom is -0.272 e. The van der Waals surface area contributed by atoms with Crippen LogP contribution in [0.5, 0.6) is 0 Å². The molecule has 3 nitrogen and oxygen atoms in total. The zero-order valence-corrected chi connectivity index (χ0v) is 11.7. The second-order valence-electron chi connectivity index (χ2n) is 4.68. The van der Waals surface area contributed by atoms with Crippen LogP contribution in [-0.2, 0) is 4.79 Å². The zero-order chi connectivity index (χ0) is 13.6. The van der Waals surface area contributed by atoms with Crippen molar-refractivity contribution in [2.24, 2.45) is 5.84 Å². The Morgan fingerprint density at radius 3 is 2.60 bits per heavy atom. The zero-order valence-electron chi connectivity index (χ0n) is 10.8. The van der Waals surface area contributed by atoms with E-state index in [9.17, 15) is 9.18 Å². The van der Waals surface area contributed by atoms with E-state index in [-0.39, 0.29) is 24.1 Å². The fourth-order valence-corrected chi connectivity index (χ4v) is 2.51. The van der Waals surface area contributed by atoms with Gasteiger partial charge in [0.15, 0.2) is 0 Å². The van der Waals surface area contributed by atoms with Gasteiger partial charge in [0.05, 0.1) is 11.6 Å². The average molecular weight is 293 g/mol. The summed E-state index contributed by atoms with van der Waals surface area (Å²) in [7, 11) is 0. The van der Waals surface area contributed by atoms with Gasteiger partial charge in [-0.15, -0.1) is 12.4 Å². The number of rotatable bonds is 0. The molecule has 3 rings (SSSR count). The first kappa shape index (κ1) is 14.5. The molecule has 0 aromatic heterocycles. The molecule has 20 heavy (non-hydrogen) atoms. The van der Waals surface area contributed by atoms with Crippen molar-refractivity contribution < 1.29 is 9.18 Å². The monoisotopic (exact) mass is 292 g/mol. The minimum atomic E-state index is -0.395. The van der Waals surface area contributed by atoms with Crippen molar-refractivity contribution in [1.29, 1.82) is 0 Å². The molecular formula is C15H14ClFN2O. The van der Waals surface area contributed by atoms with E-state index in [1.807, 2.05) is 12.1 Å². The maximum atomic E-state index is 13.5. The van der Waals surface area contributed by atoms with Gasteiger partial charge in [-0.05, 0) is 36.2 Å². The van der Waals surface area contributed by atoms with E-state index in [0.29, 0.717) is 5.69 Å². The summed E-state index contributed by atoms with van der Waals surface area (Å²) < 4.78 is 13.5. The summed E-state index contributed by atoms with van der Waals surface area (Å²) in [6.45, 7) is 1.78. The highest BCUT2D eigenvalue weighted by Crippen LogP contribution is 2.39. The van der Waals surface area contributed by atoms with Crippen molar-refractivity contribution in [3.05, 3.63) is 53.8 Å². The summed E-state index contributed by atoms with van der Waals surface area (Å²) in [5.74, 6) is 4.98. The normalized spacial score (nSPS) is 16.9. The highest BCUT2D eigenvalue weighted by Gasteiger charge is 2.29. The van der Waals surface area contributed by atoms with Crippen LogP contribution in [0.4, 0.5) is 10.1 Å². The standard InChI is InChI=1S/C15H13FN2O.ClH/c1-9-11-7-6-10(16)8-13(11)12-4-2-3-5-14(12)18(17)15(9)19;/h2-9H,17H2,1H3;1H. The predicted molar refractivity (Wildman–Crippen MR) is 79.2 cm³/mol.